The summed E-state index contributed by atoms with van der Waals surface area (Å²) >= 11 is 0. The van der Waals surface area contributed by atoms with Crippen LogP contribution in [0.1, 0.15) is 11.4 Å². The second-order valence-corrected chi connectivity index (χ2v) is 6.85. The summed E-state index contributed by atoms with van der Waals surface area (Å²) in [7, 11) is -3.34. The van der Waals surface area contributed by atoms with Crippen LogP contribution in [0.4, 0.5) is 13.2 Å². The lowest BCUT2D eigenvalue weighted by molar-refractivity contribution is -0.141. The zero-order chi connectivity index (χ0) is 16.5. The number of halogens is 3. The third-order valence-electron chi connectivity index (χ3n) is 3.04. The molecule has 1 saturated heterocycles. The van der Waals surface area contributed by atoms with E-state index in [2.05, 4.69) is 9.71 Å². The van der Waals surface area contributed by atoms with Crippen molar-refractivity contribution in [3.63, 3.8) is 0 Å². The molecule has 6 nitrogen and oxygen atoms in total. The Morgan fingerprint density at radius 1 is 1.41 bits per heavy atom. The number of pyridine rings is 1. The summed E-state index contributed by atoms with van der Waals surface area (Å²) < 4.78 is 61.9. The van der Waals surface area contributed by atoms with Crippen molar-refractivity contribution in [2.24, 2.45) is 0 Å². The molecule has 1 N–H and O–H groups in total. The van der Waals surface area contributed by atoms with Crippen molar-refractivity contribution >= 4 is 15.9 Å². The van der Waals surface area contributed by atoms with Crippen molar-refractivity contribution in [1.29, 1.82) is 0 Å². The van der Waals surface area contributed by atoms with E-state index in [9.17, 15) is 26.4 Å². The number of nitrogens with one attached hydrogen (secondary N) is 1. The van der Waals surface area contributed by atoms with Crippen LogP contribution in [0.5, 0.6) is 0 Å². The van der Waals surface area contributed by atoms with E-state index in [4.69, 9.17) is 0 Å². The lowest BCUT2D eigenvalue weighted by atomic mass is 10.1. The van der Waals surface area contributed by atoms with Gasteiger partial charge in [-0.3, -0.25) is 4.79 Å². The van der Waals surface area contributed by atoms with Gasteiger partial charge in [0.15, 0.2) is 0 Å². The van der Waals surface area contributed by atoms with Gasteiger partial charge in [-0.05, 0) is 12.1 Å². The van der Waals surface area contributed by atoms with Crippen LogP contribution in [0, 0.1) is 0 Å². The first-order valence-corrected chi connectivity index (χ1v) is 8.22. The topological polar surface area (TPSA) is 79.4 Å². The van der Waals surface area contributed by atoms with Crippen molar-refractivity contribution in [1.82, 2.24) is 14.6 Å². The van der Waals surface area contributed by atoms with Crippen molar-refractivity contribution in [3.8, 4) is 0 Å². The van der Waals surface area contributed by atoms with Gasteiger partial charge in [0, 0.05) is 13.1 Å². The maximum Gasteiger partial charge on any atom is 0.433 e. The van der Waals surface area contributed by atoms with E-state index in [1.165, 1.54) is 17.0 Å². The fraction of sp³-hybridized carbons (Fsp3) is 0.500. The van der Waals surface area contributed by atoms with Crippen LogP contribution in [0.3, 0.4) is 0 Å². The summed E-state index contributed by atoms with van der Waals surface area (Å²) in [5.41, 5.74) is -1.02. The lowest BCUT2D eigenvalue weighted by Gasteiger charge is -2.39. The molecule has 0 radical (unpaired) electrons. The molecule has 1 aliphatic heterocycles. The highest BCUT2D eigenvalue weighted by atomic mass is 32.2. The van der Waals surface area contributed by atoms with Crippen molar-refractivity contribution in [3.05, 3.63) is 29.6 Å². The molecular formula is C12H14F3N3O3S. The Bertz CT molecular complexity index is 670. The van der Waals surface area contributed by atoms with Gasteiger partial charge >= 0.3 is 6.18 Å². The Hall–Kier alpha value is -1.68. The fourth-order valence-electron chi connectivity index (χ4n) is 2.06. The SMILES string of the molecule is CS(=O)(=O)NC1CN(C(=O)Cc2cccc(C(F)(F)F)n2)C1. The number of amides is 1. The maximum absolute atomic E-state index is 12.5. The molecule has 1 aromatic rings. The molecule has 1 aliphatic rings. The van der Waals surface area contributed by atoms with Gasteiger partial charge in [0.2, 0.25) is 15.9 Å². The average molecular weight is 337 g/mol. The van der Waals surface area contributed by atoms with Crippen LogP contribution in [-0.2, 0) is 27.4 Å². The Balaban J connectivity index is 1.92. The number of nitrogens with zero attached hydrogens (tertiary/aromatic N) is 2. The first-order chi connectivity index (χ1) is 10.0. The quantitative estimate of drug-likeness (QED) is 0.863. The van der Waals surface area contributed by atoms with Gasteiger partial charge in [-0.2, -0.15) is 13.2 Å². The van der Waals surface area contributed by atoms with E-state index < -0.39 is 27.8 Å². The number of aromatic nitrogens is 1. The second kappa shape index (κ2) is 5.84. The minimum Gasteiger partial charge on any atom is -0.339 e. The van der Waals surface area contributed by atoms with Gasteiger partial charge in [0.05, 0.1) is 24.4 Å². The van der Waals surface area contributed by atoms with Crippen LogP contribution in [0.2, 0.25) is 0 Å². The van der Waals surface area contributed by atoms with Gasteiger partial charge in [-0.1, -0.05) is 6.07 Å². The Labute approximate surface area is 125 Å². The zero-order valence-corrected chi connectivity index (χ0v) is 12.4. The van der Waals surface area contributed by atoms with E-state index in [-0.39, 0.29) is 31.2 Å². The molecular weight excluding hydrogens is 323 g/mol. The van der Waals surface area contributed by atoms with Gasteiger partial charge < -0.3 is 4.90 Å². The number of alkyl halides is 3. The molecule has 122 valence electrons. The number of sulfonamides is 1. The Morgan fingerprint density at radius 3 is 2.59 bits per heavy atom. The number of carbonyl (C=O) groups is 1. The molecule has 22 heavy (non-hydrogen) atoms. The molecule has 2 rings (SSSR count). The number of likely N-dealkylation sites (tertiary alicyclic amines) is 1. The highest BCUT2D eigenvalue weighted by Gasteiger charge is 2.34. The van der Waals surface area contributed by atoms with E-state index in [1.807, 2.05) is 0 Å². The number of carbonyl (C=O) groups excluding carboxylic acids is 1. The molecule has 0 spiro atoms. The summed E-state index contributed by atoms with van der Waals surface area (Å²) in [6, 6.07) is 3.03. The third-order valence-corrected chi connectivity index (χ3v) is 3.81. The van der Waals surface area contributed by atoms with Crippen LogP contribution in [-0.4, -0.2) is 49.6 Å². The van der Waals surface area contributed by atoms with Crippen LogP contribution in [0.25, 0.3) is 0 Å². The summed E-state index contributed by atoms with van der Waals surface area (Å²) in [4.78, 5) is 16.7. The minimum atomic E-state index is -4.56. The van der Waals surface area contributed by atoms with E-state index in [0.29, 0.717) is 0 Å². The van der Waals surface area contributed by atoms with Gasteiger partial charge in [0.25, 0.3) is 0 Å². The number of hydrogen-bond acceptors (Lipinski definition) is 4. The van der Waals surface area contributed by atoms with Crippen molar-refractivity contribution < 1.29 is 26.4 Å². The van der Waals surface area contributed by atoms with Gasteiger partial charge in [0.1, 0.15) is 5.69 Å². The van der Waals surface area contributed by atoms with Gasteiger partial charge in [-0.15, -0.1) is 0 Å². The fourth-order valence-corrected chi connectivity index (χ4v) is 2.82. The Kier molecular flexibility index (Phi) is 4.43. The summed E-state index contributed by atoms with van der Waals surface area (Å²) in [6.45, 7) is 0.399. The van der Waals surface area contributed by atoms with Crippen LogP contribution < -0.4 is 4.72 Å². The predicted octanol–water partition coefficient (Wildman–Crippen LogP) is 0.403. The largest absolute Gasteiger partial charge is 0.433 e. The minimum absolute atomic E-state index is 0.0272. The molecule has 0 aliphatic carbocycles. The summed E-state index contributed by atoms with van der Waals surface area (Å²) in [5.74, 6) is -0.390. The standard InChI is InChI=1S/C12H14F3N3O3S/c1-22(20,21)17-9-6-18(7-9)11(19)5-8-3-2-4-10(16-8)12(13,14)15/h2-4,9,17H,5-7H2,1H3. The first-order valence-electron chi connectivity index (χ1n) is 6.33. The summed E-state index contributed by atoms with van der Waals surface area (Å²) in [5, 5.41) is 0. The van der Waals surface area contributed by atoms with Crippen molar-refractivity contribution in [2.75, 3.05) is 19.3 Å². The molecule has 0 saturated carbocycles. The van der Waals surface area contributed by atoms with Crippen LogP contribution in [0.15, 0.2) is 18.2 Å². The third kappa shape index (κ3) is 4.41. The average Bonchev–Trinajstić information content (AvgIpc) is 2.31. The molecule has 1 amide bonds. The number of hydrogen-bond donors (Lipinski definition) is 1. The Morgan fingerprint density at radius 2 is 2.05 bits per heavy atom. The monoisotopic (exact) mass is 337 g/mol. The smallest absolute Gasteiger partial charge is 0.339 e. The van der Waals surface area contributed by atoms with Crippen LogP contribution >= 0.6 is 0 Å². The molecule has 0 aromatic carbocycles. The molecule has 1 aromatic heterocycles. The number of rotatable bonds is 4. The molecule has 0 bridgehead atoms. The second-order valence-electron chi connectivity index (χ2n) is 5.07. The highest BCUT2D eigenvalue weighted by Crippen LogP contribution is 2.27. The van der Waals surface area contributed by atoms with E-state index in [0.717, 1.165) is 12.3 Å². The van der Waals surface area contributed by atoms with E-state index in [1.54, 1.807) is 0 Å². The predicted molar refractivity (Wildman–Crippen MR) is 71.3 cm³/mol. The molecule has 10 heteroatoms. The molecule has 1 fully saturated rings. The zero-order valence-electron chi connectivity index (χ0n) is 11.6. The molecule has 0 unspecified atom stereocenters. The first kappa shape index (κ1) is 16.7. The maximum atomic E-state index is 12.5. The highest BCUT2D eigenvalue weighted by molar-refractivity contribution is 7.88. The lowest BCUT2D eigenvalue weighted by Crippen LogP contribution is -2.61. The van der Waals surface area contributed by atoms with Crippen molar-refractivity contribution in [2.45, 2.75) is 18.6 Å². The molecule has 2 heterocycles. The van der Waals surface area contributed by atoms with Gasteiger partial charge in [-0.25, -0.2) is 18.1 Å². The molecule has 0 atom stereocenters. The van der Waals surface area contributed by atoms with E-state index >= 15 is 0 Å². The summed E-state index contributed by atoms with van der Waals surface area (Å²) in [6.07, 6.45) is -3.79. The normalized spacial score (nSPS) is 16.5.